The highest BCUT2D eigenvalue weighted by Gasteiger charge is 2.32. The van der Waals surface area contributed by atoms with Gasteiger partial charge in [0.2, 0.25) is 23.6 Å². The Labute approximate surface area is 216 Å². The standard InChI is InChI=1S/C25H39N5O7/c1-5-14(4)21(27)24(35)29-18(12-20(26)32)23(34)28-17(11-15-6-8-16(31)9-7-15)22(33)30-19(25(36)37)10-13(2)3/h6-9,13-14,17-19,21,31H,5,10-12,27H2,1-4H3,(H2,26,32)(H,28,34)(H,29,35)(H,30,33)(H,36,37). The second-order valence-corrected chi connectivity index (χ2v) is 9.60. The fraction of sp³-hybridized carbons (Fsp3) is 0.560. The van der Waals surface area contributed by atoms with Gasteiger partial charge in [0.25, 0.3) is 0 Å². The molecule has 0 saturated carbocycles. The summed E-state index contributed by atoms with van der Waals surface area (Å²) in [6, 6.07) is 1.09. The van der Waals surface area contributed by atoms with Crippen LogP contribution in [-0.4, -0.2) is 64.0 Å². The number of aromatic hydroxyl groups is 1. The largest absolute Gasteiger partial charge is 0.508 e. The third kappa shape index (κ3) is 10.9. The van der Waals surface area contributed by atoms with E-state index in [0.29, 0.717) is 12.0 Å². The van der Waals surface area contributed by atoms with Crippen LogP contribution in [-0.2, 0) is 30.4 Å². The summed E-state index contributed by atoms with van der Waals surface area (Å²) in [5.74, 6) is -4.60. The monoisotopic (exact) mass is 521 g/mol. The number of phenolic OH excluding ortho intramolecular Hbond substituents is 1. The maximum atomic E-state index is 13.1. The Morgan fingerprint density at radius 3 is 1.86 bits per heavy atom. The van der Waals surface area contributed by atoms with Gasteiger partial charge in [0.1, 0.15) is 23.9 Å². The van der Waals surface area contributed by atoms with E-state index in [1.807, 2.05) is 6.92 Å². The molecule has 5 atom stereocenters. The lowest BCUT2D eigenvalue weighted by molar-refractivity contribution is -0.143. The number of benzene rings is 1. The summed E-state index contributed by atoms with van der Waals surface area (Å²) in [4.78, 5) is 62.1. The van der Waals surface area contributed by atoms with Crippen molar-refractivity contribution in [2.24, 2.45) is 23.3 Å². The lowest BCUT2D eigenvalue weighted by Gasteiger charge is -2.26. The first-order chi connectivity index (χ1) is 17.2. The summed E-state index contributed by atoms with van der Waals surface area (Å²) < 4.78 is 0. The van der Waals surface area contributed by atoms with E-state index in [2.05, 4.69) is 16.0 Å². The quantitative estimate of drug-likeness (QED) is 0.163. The van der Waals surface area contributed by atoms with Gasteiger partial charge < -0.3 is 37.6 Å². The lowest BCUT2D eigenvalue weighted by Crippen LogP contribution is -2.58. The number of primary amides is 1. The maximum absolute atomic E-state index is 13.1. The molecule has 9 N–H and O–H groups in total. The van der Waals surface area contributed by atoms with Crippen molar-refractivity contribution in [3.8, 4) is 5.75 Å². The summed E-state index contributed by atoms with van der Waals surface area (Å²) in [6.45, 7) is 7.22. The zero-order valence-corrected chi connectivity index (χ0v) is 21.7. The molecular formula is C25H39N5O7. The highest BCUT2D eigenvalue weighted by Crippen LogP contribution is 2.13. The van der Waals surface area contributed by atoms with E-state index >= 15 is 0 Å². The molecule has 0 heterocycles. The fourth-order valence-corrected chi connectivity index (χ4v) is 3.51. The van der Waals surface area contributed by atoms with Crippen LogP contribution in [0.25, 0.3) is 0 Å². The normalized spacial score (nSPS) is 15.1. The zero-order valence-electron chi connectivity index (χ0n) is 21.7. The maximum Gasteiger partial charge on any atom is 0.326 e. The van der Waals surface area contributed by atoms with E-state index < -0.39 is 60.2 Å². The smallest absolute Gasteiger partial charge is 0.326 e. The molecule has 1 rings (SSSR count). The van der Waals surface area contributed by atoms with Gasteiger partial charge in [-0.1, -0.05) is 46.2 Å². The summed E-state index contributed by atoms with van der Waals surface area (Å²) in [6.07, 6.45) is 0.172. The van der Waals surface area contributed by atoms with E-state index in [1.165, 1.54) is 12.1 Å². The minimum absolute atomic E-state index is 0.00135. The zero-order chi connectivity index (χ0) is 28.3. The first-order valence-electron chi connectivity index (χ1n) is 12.2. The van der Waals surface area contributed by atoms with Crippen molar-refractivity contribution in [1.82, 2.24) is 16.0 Å². The Hall–Kier alpha value is -3.67. The van der Waals surface area contributed by atoms with Gasteiger partial charge in [0.15, 0.2) is 0 Å². The number of carbonyl (C=O) groups excluding carboxylic acids is 4. The van der Waals surface area contributed by atoms with Crippen LogP contribution < -0.4 is 27.4 Å². The van der Waals surface area contributed by atoms with Gasteiger partial charge in [0, 0.05) is 6.42 Å². The summed E-state index contributed by atoms with van der Waals surface area (Å²) in [5.41, 5.74) is 11.8. The molecule has 0 aliphatic rings. The number of amides is 4. The molecule has 0 bridgehead atoms. The number of hydrogen-bond donors (Lipinski definition) is 7. The van der Waals surface area contributed by atoms with Crippen LogP contribution >= 0.6 is 0 Å². The van der Waals surface area contributed by atoms with Gasteiger partial charge in [-0.2, -0.15) is 0 Å². The van der Waals surface area contributed by atoms with Gasteiger partial charge >= 0.3 is 5.97 Å². The predicted molar refractivity (Wildman–Crippen MR) is 136 cm³/mol. The first-order valence-corrected chi connectivity index (χ1v) is 12.2. The molecule has 0 saturated heterocycles. The minimum Gasteiger partial charge on any atom is -0.508 e. The molecule has 0 aliphatic heterocycles. The molecule has 5 unspecified atom stereocenters. The van der Waals surface area contributed by atoms with Crippen LogP contribution in [0.3, 0.4) is 0 Å². The van der Waals surface area contributed by atoms with E-state index in [-0.39, 0.29) is 30.4 Å². The molecule has 0 radical (unpaired) electrons. The third-order valence-corrected chi connectivity index (χ3v) is 5.93. The predicted octanol–water partition coefficient (Wildman–Crippen LogP) is -0.231. The number of rotatable bonds is 15. The summed E-state index contributed by atoms with van der Waals surface area (Å²) in [5, 5.41) is 26.4. The Bertz CT molecular complexity index is 951. The Morgan fingerprint density at radius 2 is 1.38 bits per heavy atom. The van der Waals surface area contributed by atoms with Crippen molar-refractivity contribution in [3.05, 3.63) is 29.8 Å². The number of aliphatic carboxylic acids is 1. The molecule has 37 heavy (non-hydrogen) atoms. The Balaban J connectivity index is 3.19. The Kier molecular flexibility index (Phi) is 12.5. The van der Waals surface area contributed by atoms with Gasteiger partial charge in [-0.25, -0.2) is 4.79 Å². The van der Waals surface area contributed by atoms with Crippen LogP contribution in [0.2, 0.25) is 0 Å². The molecular weight excluding hydrogens is 482 g/mol. The molecule has 1 aromatic carbocycles. The molecule has 206 valence electrons. The molecule has 0 aromatic heterocycles. The second-order valence-electron chi connectivity index (χ2n) is 9.60. The molecule has 1 aromatic rings. The number of nitrogens with one attached hydrogen (secondary N) is 3. The van der Waals surface area contributed by atoms with E-state index in [4.69, 9.17) is 11.5 Å². The number of nitrogens with two attached hydrogens (primary N) is 2. The van der Waals surface area contributed by atoms with Crippen LogP contribution in [0.1, 0.15) is 52.5 Å². The Morgan fingerprint density at radius 1 is 0.865 bits per heavy atom. The van der Waals surface area contributed by atoms with Crippen LogP contribution in [0.5, 0.6) is 5.75 Å². The van der Waals surface area contributed by atoms with Crippen molar-refractivity contribution >= 4 is 29.6 Å². The second kappa shape index (κ2) is 14.8. The van der Waals surface area contributed by atoms with Gasteiger partial charge in [-0.3, -0.25) is 19.2 Å². The van der Waals surface area contributed by atoms with Gasteiger partial charge in [-0.05, 0) is 36.0 Å². The number of carboxylic acid groups (broad SMARTS) is 1. The number of carboxylic acids is 1. The highest BCUT2D eigenvalue weighted by atomic mass is 16.4. The van der Waals surface area contributed by atoms with Crippen LogP contribution in [0, 0.1) is 11.8 Å². The van der Waals surface area contributed by atoms with Crippen molar-refractivity contribution < 1.29 is 34.2 Å². The number of phenols is 1. The van der Waals surface area contributed by atoms with E-state index in [1.54, 1.807) is 32.9 Å². The molecule has 0 fully saturated rings. The number of carbonyl (C=O) groups is 5. The van der Waals surface area contributed by atoms with E-state index in [9.17, 15) is 34.2 Å². The third-order valence-electron chi connectivity index (χ3n) is 5.93. The highest BCUT2D eigenvalue weighted by molar-refractivity contribution is 5.96. The fourth-order valence-electron chi connectivity index (χ4n) is 3.51. The molecule has 12 nitrogen and oxygen atoms in total. The van der Waals surface area contributed by atoms with E-state index in [0.717, 1.165) is 0 Å². The van der Waals surface area contributed by atoms with Crippen molar-refractivity contribution in [2.75, 3.05) is 0 Å². The SMILES string of the molecule is CCC(C)C(N)C(=O)NC(CC(N)=O)C(=O)NC(Cc1ccc(O)cc1)C(=O)NC(CC(C)C)C(=O)O. The average molecular weight is 522 g/mol. The van der Waals surface area contributed by atoms with Crippen molar-refractivity contribution in [3.63, 3.8) is 0 Å². The minimum atomic E-state index is -1.40. The molecule has 12 heteroatoms. The molecule has 0 aliphatic carbocycles. The number of hydrogen-bond acceptors (Lipinski definition) is 7. The topological polar surface area (TPSA) is 214 Å². The lowest BCUT2D eigenvalue weighted by atomic mass is 9.98. The van der Waals surface area contributed by atoms with Crippen molar-refractivity contribution in [2.45, 2.75) is 77.5 Å². The summed E-state index contributed by atoms with van der Waals surface area (Å²) in [7, 11) is 0. The van der Waals surface area contributed by atoms with Crippen molar-refractivity contribution in [1.29, 1.82) is 0 Å². The van der Waals surface area contributed by atoms with Gasteiger partial charge in [-0.15, -0.1) is 0 Å². The molecule has 0 spiro atoms. The van der Waals surface area contributed by atoms with Gasteiger partial charge in [0.05, 0.1) is 12.5 Å². The van der Waals surface area contributed by atoms with Crippen LogP contribution in [0.15, 0.2) is 24.3 Å². The summed E-state index contributed by atoms with van der Waals surface area (Å²) >= 11 is 0. The van der Waals surface area contributed by atoms with Crippen LogP contribution in [0.4, 0.5) is 0 Å². The average Bonchev–Trinajstić information content (AvgIpc) is 2.82. The first kappa shape index (κ1) is 31.4. The molecule has 4 amide bonds.